The Morgan fingerprint density at radius 1 is 1.17 bits per heavy atom. The maximum Gasteiger partial charge on any atom is 0.262 e. The van der Waals surface area contributed by atoms with Crippen molar-refractivity contribution in [2.75, 3.05) is 14.1 Å². The largest absolute Gasteiger partial charge is 0.548 e. The minimum atomic E-state index is -1.48. The number of aromatic nitrogens is 2. The molecular formula is C21H20N4O5. The second-order valence-corrected chi connectivity index (χ2v) is 6.92. The standard InChI is InChI=1S/C18H13N3O4.C3H7NO/c22-16-12-5-1-3-10-4-2-6-13(15(10)12)17(23)21(16)14(18(24)25)7-11-8-19-9-20-11;1-4(2)3-5/h1-6,8-9,14H,7H2,(H,19,20)(H,24,25);3H,1-2H3/t14-;/m0./s1. The molecule has 0 unspecified atom stereocenters. The number of carbonyl (C=O) groups is 4. The molecule has 0 spiro atoms. The fourth-order valence-corrected chi connectivity index (χ4v) is 3.26. The zero-order chi connectivity index (χ0) is 21.8. The Kier molecular flexibility index (Phi) is 5.91. The van der Waals surface area contributed by atoms with Crippen LogP contribution in [0.2, 0.25) is 0 Å². The number of nitrogens with one attached hydrogen (secondary N) is 2. The van der Waals surface area contributed by atoms with Crippen LogP contribution in [0.5, 0.6) is 0 Å². The van der Waals surface area contributed by atoms with Crippen molar-refractivity contribution in [1.82, 2.24) is 14.8 Å². The molecule has 0 aliphatic carbocycles. The molecule has 2 heterocycles. The summed E-state index contributed by atoms with van der Waals surface area (Å²) < 4.78 is 0. The van der Waals surface area contributed by atoms with E-state index < -0.39 is 23.8 Å². The molecule has 3 amide bonds. The molecule has 0 saturated heterocycles. The molecule has 0 saturated carbocycles. The van der Waals surface area contributed by atoms with E-state index in [9.17, 15) is 24.3 Å². The van der Waals surface area contributed by atoms with Crippen molar-refractivity contribution in [3.8, 4) is 0 Å². The number of H-pyrrole nitrogens is 2. The molecule has 2 aromatic carbocycles. The van der Waals surface area contributed by atoms with Crippen LogP contribution in [0.25, 0.3) is 10.8 Å². The summed E-state index contributed by atoms with van der Waals surface area (Å²) in [6, 6.07) is 8.83. The maximum absolute atomic E-state index is 12.9. The number of carboxylic acids is 1. The van der Waals surface area contributed by atoms with Gasteiger partial charge >= 0.3 is 0 Å². The van der Waals surface area contributed by atoms with Crippen LogP contribution in [0.1, 0.15) is 26.4 Å². The topological polar surface area (TPSA) is 128 Å². The third-order valence-electron chi connectivity index (χ3n) is 4.61. The molecule has 154 valence electrons. The van der Waals surface area contributed by atoms with Crippen LogP contribution in [-0.2, 0) is 16.0 Å². The van der Waals surface area contributed by atoms with Crippen molar-refractivity contribution in [1.29, 1.82) is 0 Å². The highest BCUT2D eigenvalue weighted by Crippen LogP contribution is 2.31. The minimum absolute atomic E-state index is 0.0680. The lowest BCUT2D eigenvalue weighted by atomic mass is 9.92. The average molecular weight is 408 g/mol. The van der Waals surface area contributed by atoms with Gasteiger partial charge in [-0.05, 0) is 17.5 Å². The van der Waals surface area contributed by atoms with Crippen molar-refractivity contribution >= 4 is 35.0 Å². The fourth-order valence-electron chi connectivity index (χ4n) is 3.26. The number of hydrogen-bond acceptors (Lipinski definition) is 5. The normalized spacial score (nSPS) is 13.5. The van der Waals surface area contributed by atoms with Gasteiger partial charge in [0.2, 0.25) is 12.7 Å². The number of imide groups is 1. The first-order valence-corrected chi connectivity index (χ1v) is 9.10. The van der Waals surface area contributed by atoms with Crippen molar-refractivity contribution in [2.45, 2.75) is 12.5 Å². The summed E-state index contributed by atoms with van der Waals surface area (Å²) in [5.74, 6) is -2.74. The molecule has 3 aromatic rings. The zero-order valence-corrected chi connectivity index (χ0v) is 16.4. The van der Waals surface area contributed by atoms with Gasteiger partial charge in [0.15, 0.2) is 0 Å². The molecule has 2 N–H and O–H groups in total. The Morgan fingerprint density at radius 2 is 1.73 bits per heavy atom. The number of carboxylic acid groups (broad SMARTS) is 1. The summed E-state index contributed by atoms with van der Waals surface area (Å²) in [6.45, 7) is 0. The quantitative estimate of drug-likeness (QED) is 0.456. The smallest absolute Gasteiger partial charge is 0.262 e. The number of benzene rings is 2. The predicted molar refractivity (Wildman–Crippen MR) is 104 cm³/mol. The highest BCUT2D eigenvalue weighted by molar-refractivity contribution is 6.26. The van der Waals surface area contributed by atoms with E-state index in [1.165, 1.54) is 11.2 Å². The Labute approximate surface area is 171 Å². The molecular weight excluding hydrogens is 388 g/mol. The molecule has 0 radical (unpaired) electrons. The highest BCUT2D eigenvalue weighted by Gasteiger charge is 2.38. The van der Waals surface area contributed by atoms with Crippen LogP contribution in [0.4, 0.5) is 0 Å². The number of aromatic amines is 2. The number of carbonyl (C=O) groups excluding carboxylic acids is 4. The van der Waals surface area contributed by atoms with Crippen LogP contribution in [0.3, 0.4) is 0 Å². The Bertz CT molecular complexity index is 1060. The summed E-state index contributed by atoms with van der Waals surface area (Å²) in [6.07, 6.45) is 3.78. The Hall–Kier alpha value is -4.01. The van der Waals surface area contributed by atoms with Gasteiger partial charge in [-0.1, -0.05) is 24.3 Å². The molecule has 1 atom stereocenters. The molecule has 9 nitrogen and oxygen atoms in total. The van der Waals surface area contributed by atoms with E-state index in [2.05, 4.69) is 9.97 Å². The molecule has 4 rings (SSSR count). The van der Waals surface area contributed by atoms with Crippen molar-refractivity contribution in [2.24, 2.45) is 0 Å². The van der Waals surface area contributed by atoms with Gasteiger partial charge in [0, 0.05) is 37.0 Å². The number of hydrogen-bond donors (Lipinski definition) is 1. The fraction of sp³-hybridized carbons (Fsp3) is 0.190. The summed E-state index contributed by atoms with van der Waals surface area (Å²) in [7, 11) is 3.38. The van der Waals surface area contributed by atoms with Gasteiger partial charge in [-0.2, -0.15) is 0 Å². The van der Waals surface area contributed by atoms with Gasteiger partial charge in [-0.25, -0.2) is 4.98 Å². The molecule has 1 aliphatic rings. The lowest BCUT2D eigenvalue weighted by Crippen LogP contribution is -2.55. The molecule has 9 heteroatoms. The lowest BCUT2D eigenvalue weighted by Gasteiger charge is -2.33. The second-order valence-electron chi connectivity index (χ2n) is 6.92. The average Bonchev–Trinajstić information content (AvgIpc) is 3.24. The van der Waals surface area contributed by atoms with E-state index in [0.717, 1.165) is 16.7 Å². The molecule has 0 fully saturated rings. The Balaban J connectivity index is 0.000000461. The van der Waals surface area contributed by atoms with E-state index in [1.807, 2.05) is 12.1 Å². The zero-order valence-electron chi connectivity index (χ0n) is 16.4. The summed E-state index contributed by atoms with van der Waals surface area (Å²) in [5, 5.41) is 13.0. The van der Waals surface area contributed by atoms with Crippen molar-refractivity contribution in [3.63, 3.8) is 0 Å². The molecule has 1 aliphatic heterocycles. The minimum Gasteiger partial charge on any atom is -0.548 e. The number of rotatable bonds is 5. The van der Waals surface area contributed by atoms with Crippen LogP contribution >= 0.6 is 0 Å². The predicted octanol–water partition coefficient (Wildman–Crippen LogP) is -0.356. The third kappa shape index (κ3) is 3.90. The van der Waals surface area contributed by atoms with Crippen molar-refractivity contribution in [3.05, 3.63) is 65.7 Å². The van der Waals surface area contributed by atoms with E-state index in [4.69, 9.17) is 0 Å². The summed E-state index contributed by atoms with van der Waals surface area (Å²) >= 11 is 0. The van der Waals surface area contributed by atoms with Gasteiger partial charge < -0.3 is 14.8 Å². The van der Waals surface area contributed by atoms with Crippen LogP contribution < -0.4 is 10.1 Å². The first-order valence-electron chi connectivity index (χ1n) is 9.10. The number of imidazole rings is 1. The monoisotopic (exact) mass is 408 g/mol. The lowest BCUT2D eigenvalue weighted by molar-refractivity contribution is -0.376. The van der Waals surface area contributed by atoms with E-state index in [1.54, 1.807) is 44.6 Å². The van der Waals surface area contributed by atoms with Gasteiger partial charge in [0.25, 0.3) is 11.8 Å². The third-order valence-corrected chi connectivity index (χ3v) is 4.61. The van der Waals surface area contributed by atoms with Gasteiger partial charge in [0.1, 0.15) is 11.9 Å². The molecule has 1 aromatic heterocycles. The first kappa shape index (κ1) is 20.7. The van der Waals surface area contributed by atoms with Gasteiger partial charge in [-0.3, -0.25) is 24.3 Å². The number of amides is 3. The second kappa shape index (κ2) is 8.56. The Morgan fingerprint density at radius 3 is 2.17 bits per heavy atom. The summed E-state index contributed by atoms with van der Waals surface area (Å²) in [4.78, 5) is 54.7. The van der Waals surface area contributed by atoms with Crippen LogP contribution in [0.15, 0.2) is 48.9 Å². The van der Waals surface area contributed by atoms with Gasteiger partial charge in [0.05, 0.1) is 12.0 Å². The number of aliphatic carboxylic acids is 1. The van der Waals surface area contributed by atoms with E-state index in [0.29, 0.717) is 22.2 Å². The van der Waals surface area contributed by atoms with Crippen molar-refractivity contribution < 1.29 is 29.3 Å². The van der Waals surface area contributed by atoms with E-state index in [-0.39, 0.29) is 6.42 Å². The van der Waals surface area contributed by atoms with Gasteiger partial charge in [-0.15, -0.1) is 0 Å². The molecule has 30 heavy (non-hydrogen) atoms. The highest BCUT2D eigenvalue weighted by atomic mass is 16.4. The SMILES string of the molecule is CN(C)C=O.O=C([O-])[C@H](Cc1c[nH+]c[nH]1)N1C(=O)c2cccc3cccc(c23)C1=O. The molecule has 0 bridgehead atoms. The van der Waals surface area contributed by atoms with Crippen LogP contribution in [-0.4, -0.2) is 59.1 Å². The maximum atomic E-state index is 12.9. The first-order chi connectivity index (χ1) is 14.3. The van der Waals surface area contributed by atoms with Crippen LogP contribution in [0, 0.1) is 0 Å². The number of nitrogens with zero attached hydrogens (tertiary/aromatic N) is 2. The van der Waals surface area contributed by atoms with E-state index >= 15 is 0 Å². The summed E-state index contributed by atoms with van der Waals surface area (Å²) in [5.41, 5.74) is 1.18.